The number of nitrogens with one attached hydrogen (secondary N) is 1. The molecule has 0 aliphatic rings. The van der Waals surface area contributed by atoms with Crippen LogP contribution in [0.5, 0.6) is 0 Å². The summed E-state index contributed by atoms with van der Waals surface area (Å²) in [5.41, 5.74) is 4.41. The number of hydrogen-bond donors (Lipinski definition) is 1. The summed E-state index contributed by atoms with van der Waals surface area (Å²) in [4.78, 5) is 29.1. The summed E-state index contributed by atoms with van der Waals surface area (Å²) in [6.07, 6.45) is 1.89. The van der Waals surface area contributed by atoms with Gasteiger partial charge in [0.2, 0.25) is 21.8 Å². The van der Waals surface area contributed by atoms with Crippen molar-refractivity contribution in [1.82, 2.24) is 10.2 Å². The number of amides is 2. The Morgan fingerprint density at radius 3 is 2.17 bits per heavy atom. The highest BCUT2D eigenvalue weighted by atomic mass is 35.5. The molecule has 3 aromatic carbocycles. The lowest BCUT2D eigenvalue weighted by molar-refractivity contribution is -0.141. The van der Waals surface area contributed by atoms with Crippen molar-refractivity contribution in [2.75, 3.05) is 23.7 Å². The minimum atomic E-state index is -3.57. The summed E-state index contributed by atoms with van der Waals surface area (Å²) < 4.78 is 26.7. The van der Waals surface area contributed by atoms with E-state index in [2.05, 4.69) is 5.32 Å². The zero-order chi connectivity index (χ0) is 30.9. The Labute approximate surface area is 255 Å². The molecule has 0 fully saturated rings. The standard InChI is InChI=1S/C33H42ClN3O4S/c1-24(2)22-35-33(39)31(21-27-10-7-6-8-11-27)36(23-28-14-16-29(34)17-15-28)32(38)12-9-19-37(42(5,40)41)30-18-13-25(3)26(4)20-30/h6-8,10-11,13-18,20,24,31H,9,12,19,21-23H2,1-5H3,(H,35,39)/t31-/m1/s1. The first-order chi connectivity index (χ1) is 19.8. The first kappa shape index (κ1) is 33.1. The van der Waals surface area contributed by atoms with Crippen molar-refractivity contribution in [2.45, 2.75) is 59.5 Å². The molecule has 0 aliphatic heterocycles. The van der Waals surface area contributed by atoms with Gasteiger partial charge in [-0.1, -0.05) is 74.0 Å². The normalized spacial score (nSPS) is 12.2. The van der Waals surface area contributed by atoms with Crippen LogP contribution in [0.25, 0.3) is 0 Å². The monoisotopic (exact) mass is 611 g/mol. The van der Waals surface area contributed by atoms with Crippen molar-refractivity contribution < 1.29 is 18.0 Å². The predicted octanol–water partition coefficient (Wildman–Crippen LogP) is 5.92. The van der Waals surface area contributed by atoms with Gasteiger partial charge in [-0.25, -0.2) is 8.42 Å². The third-order valence-corrected chi connectivity index (χ3v) is 8.60. The molecule has 42 heavy (non-hydrogen) atoms. The van der Waals surface area contributed by atoms with Crippen LogP contribution in [0.1, 0.15) is 48.9 Å². The molecule has 1 N–H and O–H groups in total. The van der Waals surface area contributed by atoms with Crippen molar-refractivity contribution in [3.8, 4) is 0 Å². The van der Waals surface area contributed by atoms with Gasteiger partial charge < -0.3 is 10.2 Å². The number of carbonyl (C=O) groups is 2. The molecule has 0 aliphatic carbocycles. The maximum atomic E-state index is 13.9. The number of benzene rings is 3. The number of anilines is 1. The third kappa shape index (κ3) is 9.88. The Bertz CT molecular complexity index is 1440. The number of aryl methyl sites for hydroxylation is 2. The van der Waals surface area contributed by atoms with Crippen LogP contribution in [0.2, 0.25) is 5.02 Å². The highest BCUT2D eigenvalue weighted by Gasteiger charge is 2.30. The lowest BCUT2D eigenvalue weighted by Gasteiger charge is -2.32. The summed E-state index contributed by atoms with van der Waals surface area (Å²) in [7, 11) is -3.57. The van der Waals surface area contributed by atoms with Crippen molar-refractivity contribution in [3.05, 3.63) is 100 Å². The van der Waals surface area contributed by atoms with Crippen molar-refractivity contribution in [1.29, 1.82) is 0 Å². The first-order valence-corrected chi connectivity index (χ1v) is 16.5. The summed E-state index contributed by atoms with van der Waals surface area (Å²) in [6, 6.07) is 21.6. The molecule has 0 heterocycles. The molecular weight excluding hydrogens is 570 g/mol. The molecule has 1 atom stereocenters. The maximum Gasteiger partial charge on any atom is 0.243 e. The second-order valence-electron chi connectivity index (χ2n) is 11.2. The Balaban J connectivity index is 1.88. The lowest BCUT2D eigenvalue weighted by atomic mass is 10.0. The fourth-order valence-electron chi connectivity index (χ4n) is 4.65. The minimum absolute atomic E-state index is 0.0766. The lowest BCUT2D eigenvalue weighted by Crippen LogP contribution is -2.51. The molecule has 0 saturated carbocycles. The first-order valence-electron chi connectivity index (χ1n) is 14.3. The Morgan fingerprint density at radius 1 is 0.905 bits per heavy atom. The van der Waals surface area contributed by atoms with E-state index in [9.17, 15) is 18.0 Å². The molecule has 7 nitrogen and oxygen atoms in total. The summed E-state index contributed by atoms with van der Waals surface area (Å²) in [5.74, 6) is -0.194. The van der Waals surface area contributed by atoms with E-state index in [0.717, 1.165) is 22.3 Å². The minimum Gasteiger partial charge on any atom is -0.354 e. The molecule has 3 aromatic rings. The molecule has 9 heteroatoms. The second-order valence-corrected chi connectivity index (χ2v) is 13.5. The van der Waals surface area contributed by atoms with E-state index in [0.29, 0.717) is 30.1 Å². The zero-order valence-electron chi connectivity index (χ0n) is 25.1. The molecule has 0 bridgehead atoms. The summed E-state index contributed by atoms with van der Waals surface area (Å²) in [5, 5.41) is 3.60. The van der Waals surface area contributed by atoms with E-state index >= 15 is 0 Å². The number of carbonyl (C=O) groups excluding carboxylic acids is 2. The van der Waals surface area contributed by atoms with Crippen LogP contribution in [0.4, 0.5) is 5.69 Å². The van der Waals surface area contributed by atoms with E-state index in [4.69, 9.17) is 11.6 Å². The molecule has 0 aromatic heterocycles. The summed E-state index contributed by atoms with van der Waals surface area (Å²) >= 11 is 6.11. The molecule has 226 valence electrons. The Morgan fingerprint density at radius 2 is 1.57 bits per heavy atom. The average molecular weight is 612 g/mol. The number of rotatable bonds is 14. The molecular formula is C33H42ClN3O4S. The fourth-order valence-corrected chi connectivity index (χ4v) is 5.73. The highest BCUT2D eigenvalue weighted by molar-refractivity contribution is 7.92. The van der Waals surface area contributed by atoms with Crippen molar-refractivity contribution >= 4 is 39.1 Å². The predicted molar refractivity (Wildman–Crippen MR) is 171 cm³/mol. The van der Waals surface area contributed by atoms with Gasteiger partial charge in [-0.05, 0) is 72.7 Å². The van der Waals surface area contributed by atoms with Crippen LogP contribution in [-0.2, 0) is 32.6 Å². The van der Waals surface area contributed by atoms with E-state index < -0.39 is 16.1 Å². The van der Waals surface area contributed by atoms with Gasteiger partial charge in [0.05, 0.1) is 11.9 Å². The number of nitrogens with zero attached hydrogens (tertiary/aromatic N) is 2. The summed E-state index contributed by atoms with van der Waals surface area (Å²) in [6.45, 7) is 8.81. The van der Waals surface area contributed by atoms with Crippen LogP contribution in [0.15, 0.2) is 72.8 Å². The van der Waals surface area contributed by atoms with Crippen LogP contribution >= 0.6 is 11.6 Å². The van der Waals surface area contributed by atoms with Crippen LogP contribution < -0.4 is 9.62 Å². The quantitative estimate of drug-likeness (QED) is 0.245. The van der Waals surface area contributed by atoms with Gasteiger partial charge in [0, 0.05) is 37.5 Å². The van der Waals surface area contributed by atoms with Crippen molar-refractivity contribution in [2.24, 2.45) is 5.92 Å². The van der Waals surface area contributed by atoms with E-state index in [-0.39, 0.29) is 37.2 Å². The zero-order valence-corrected chi connectivity index (χ0v) is 26.7. The molecule has 0 spiro atoms. The molecule has 2 amide bonds. The van der Waals surface area contributed by atoms with E-state index in [1.807, 2.05) is 82.3 Å². The SMILES string of the molecule is Cc1ccc(N(CCCC(=O)N(Cc2ccc(Cl)cc2)[C@H](Cc2ccccc2)C(=O)NCC(C)C)S(C)(=O)=O)cc1C. The average Bonchev–Trinajstić information content (AvgIpc) is 2.94. The van der Waals surface area contributed by atoms with Gasteiger partial charge in [-0.15, -0.1) is 0 Å². The van der Waals surface area contributed by atoms with Gasteiger partial charge in [0.15, 0.2) is 0 Å². The van der Waals surface area contributed by atoms with Gasteiger partial charge >= 0.3 is 0 Å². The molecule has 0 unspecified atom stereocenters. The van der Waals surface area contributed by atoms with Gasteiger partial charge in [0.1, 0.15) is 6.04 Å². The largest absolute Gasteiger partial charge is 0.354 e. The molecule has 0 saturated heterocycles. The fraction of sp³-hybridized carbons (Fsp3) is 0.394. The second kappa shape index (κ2) is 15.2. The molecule has 0 radical (unpaired) electrons. The number of sulfonamides is 1. The maximum absolute atomic E-state index is 13.9. The van der Waals surface area contributed by atoms with E-state index in [1.165, 1.54) is 10.6 Å². The van der Waals surface area contributed by atoms with E-state index in [1.54, 1.807) is 23.1 Å². The Hall–Kier alpha value is -3.36. The Kier molecular flexibility index (Phi) is 12.0. The highest BCUT2D eigenvalue weighted by Crippen LogP contribution is 2.23. The number of halogens is 1. The van der Waals surface area contributed by atoms with Gasteiger partial charge in [-0.2, -0.15) is 0 Å². The molecule has 3 rings (SSSR count). The van der Waals surface area contributed by atoms with Gasteiger partial charge in [0.25, 0.3) is 0 Å². The van der Waals surface area contributed by atoms with Crippen molar-refractivity contribution in [3.63, 3.8) is 0 Å². The topological polar surface area (TPSA) is 86.8 Å². The third-order valence-electron chi connectivity index (χ3n) is 7.15. The smallest absolute Gasteiger partial charge is 0.243 e. The van der Waals surface area contributed by atoms with Gasteiger partial charge in [-0.3, -0.25) is 13.9 Å². The number of hydrogen-bond acceptors (Lipinski definition) is 4. The van der Waals surface area contributed by atoms with Crippen LogP contribution in [0, 0.1) is 19.8 Å². The van der Waals surface area contributed by atoms with Crippen LogP contribution in [0.3, 0.4) is 0 Å². The van der Waals surface area contributed by atoms with Crippen LogP contribution in [-0.4, -0.2) is 50.5 Å².